The summed E-state index contributed by atoms with van der Waals surface area (Å²) in [5.74, 6) is 1.02. The third kappa shape index (κ3) is 3.68. The molecule has 2 fully saturated rings. The summed E-state index contributed by atoms with van der Waals surface area (Å²) in [5.41, 5.74) is -0.138. The van der Waals surface area contributed by atoms with E-state index in [2.05, 4.69) is 13.8 Å². The second-order valence-electron chi connectivity index (χ2n) is 7.87. The van der Waals surface area contributed by atoms with Gasteiger partial charge in [0.25, 0.3) is 0 Å². The summed E-state index contributed by atoms with van der Waals surface area (Å²) >= 11 is 0. The summed E-state index contributed by atoms with van der Waals surface area (Å²) in [4.78, 5) is 14.6. The Kier molecular flexibility index (Phi) is 4.84. The largest absolute Gasteiger partial charge is 0.490 e. The SMILES string of the molecule is CN(C(=O)C1CCS(=O)(=O)CC1)C1CC(Oc2ccccc2)C1(C)C. The molecule has 1 aromatic rings. The number of amides is 1. The van der Waals surface area contributed by atoms with Crippen molar-refractivity contribution in [3.05, 3.63) is 30.3 Å². The molecular weight excluding hydrogens is 338 g/mol. The monoisotopic (exact) mass is 365 g/mol. The lowest BCUT2D eigenvalue weighted by Crippen LogP contribution is -2.64. The van der Waals surface area contributed by atoms with E-state index in [9.17, 15) is 13.2 Å². The Morgan fingerprint density at radius 3 is 2.32 bits per heavy atom. The summed E-state index contributed by atoms with van der Waals surface area (Å²) in [6.45, 7) is 4.26. The molecule has 1 aliphatic carbocycles. The minimum Gasteiger partial charge on any atom is -0.490 e. The van der Waals surface area contributed by atoms with Crippen molar-refractivity contribution in [3.8, 4) is 5.75 Å². The molecule has 0 spiro atoms. The Balaban J connectivity index is 1.60. The van der Waals surface area contributed by atoms with E-state index in [1.807, 2.05) is 42.3 Å². The zero-order valence-electron chi connectivity index (χ0n) is 15.1. The predicted octanol–water partition coefficient (Wildman–Crippen LogP) is 2.52. The van der Waals surface area contributed by atoms with Gasteiger partial charge in [-0.15, -0.1) is 0 Å². The molecule has 6 heteroatoms. The molecule has 25 heavy (non-hydrogen) atoms. The highest BCUT2D eigenvalue weighted by Gasteiger charge is 2.53. The lowest BCUT2D eigenvalue weighted by molar-refractivity contribution is -0.153. The van der Waals surface area contributed by atoms with Gasteiger partial charge in [0.05, 0.1) is 11.5 Å². The average molecular weight is 365 g/mol. The van der Waals surface area contributed by atoms with Crippen molar-refractivity contribution >= 4 is 15.7 Å². The normalized spacial score (nSPS) is 28.0. The Labute approximate surface area is 150 Å². The van der Waals surface area contributed by atoms with Crippen LogP contribution in [0.3, 0.4) is 0 Å². The number of para-hydroxylation sites is 1. The Morgan fingerprint density at radius 1 is 1.16 bits per heavy atom. The second kappa shape index (κ2) is 6.63. The van der Waals surface area contributed by atoms with E-state index < -0.39 is 9.84 Å². The highest BCUT2D eigenvalue weighted by molar-refractivity contribution is 7.91. The number of hydrogen-bond acceptors (Lipinski definition) is 4. The molecule has 1 saturated carbocycles. The van der Waals surface area contributed by atoms with Gasteiger partial charge in [-0.25, -0.2) is 8.42 Å². The topological polar surface area (TPSA) is 63.7 Å². The molecule has 138 valence electrons. The van der Waals surface area contributed by atoms with Crippen LogP contribution < -0.4 is 4.74 Å². The summed E-state index contributed by atoms with van der Waals surface area (Å²) in [7, 11) is -1.10. The molecule has 1 amide bonds. The molecule has 0 aromatic heterocycles. The van der Waals surface area contributed by atoms with Crippen molar-refractivity contribution in [3.63, 3.8) is 0 Å². The minimum atomic E-state index is -2.94. The molecule has 0 bridgehead atoms. The predicted molar refractivity (Wildman–Crippen MR) is 97.2 cm³/mol. The van der Waals surface area contributed by atoms with Crippen molar-refractivity contribution in [1.82, 2.24) is 4.90 Å². The highest BCUT2D eigenvalue weighted by atomic mass is 32.2. The Hall–Kier alpha value is -1.56. The van der Waals surface area contributed by atoms with Crippen LogP contribution in [-0.2, 0) is 14.6 Å². The van der Waals surface area contributed by atoms with Crippen molar-refractivity contribution in [2.45, 2.75) is 45.3 Å². The number of carbonyl (C=O) groups is 1. The molecule has 5 nitrogen and oxygen atoms in total. The van der Waals surface area contributed by atoms with Crippen molar-refractivity contribution in [1.29, 1.82) is 0 Å². The van der Waals surface area contributed by atoms with E-state index >= 15 is 0 Å². The Morgan fingerprint density at radius 2 is 1.76 bits per heavy atom. The standard InChI is InChI=1S/C19H27NO4S/c1-19(2)16(13-17(19)24-15-7-5-4-6-8-15)20(3)18(21)14-9-11-25(22,23)12-10-14/h4-8,14,16-17H,9-13H2,1-3H3. The summed E-state index contributed by atoms with van der Waals surface area (Å²) < 4.78 is 29.2. The first kappa shape index (κ1) is 18.2. The zero-order valence-corrected chi connectivity index (χ0v) is 16.0. The lowest BCUT2D eigenvalue weighted by atomic mass is 9.63. The summed E-state index contributed by atoms with van der Waals surface area (Å²) in [6.07, 6.45) is 1.77. The van der Waals surface area contributed by atoms with E-state index in [4.69, 9.17) is 4.74 Å². The molecule has 2 aliphatic rings. The molecule has 1 saturated heterocycles. The number of rotatable bonds is 4. The van der Waals surface area contributed by atoms with Crippen molar-refractivity contribution < 1.29 is 17.9 Å². The van der Waals surface area contributed by atoms with Crippen molar-refractivity contribution in [2.75, 3.05) is 18.6 Å². The maximum atomic E-state index is 12.8. The maximum Gasteiger partial charge on any atom is 0.225 e. The van der Waals surface area contributed by atoms with Gasteiger partial charge in [0.2, 0.25) is 5.91 Å². The number of sulfone groups is 1. The van der Waals surface area contributed by atoms with Gasteiger partial charge in [-0.2, -0.15) is 0 Å². The molecule has 1 aliphatic heterocycles. The smallest absolute Gasteiger partial charge is 0.225 e. The average Bonchev–Trinajstić information content (AvgIpc) is 2.58. The van der Waals surface area contributed by atoms with Gasteiger partial charge in [0, 0.05) is 30.8 Å². The number of hydrogen-bond donors (Lipinski definition) is 0. The van der Waals surface area contributed by atoms with Gasteiger partial charge >= 0.3 is 0 Å². The molecule has 0 radical (unpaired) electrons. The van der Waals surface area contributed by atoms with Crippen LogP contribution in [0.1, 0.15) is 33.1 Å². The first-order valence-corrected chi connectivity index (χ1v) is 10.7. The van der Waals surface area contributed by atoms with Crippen LogP contribution >= 0.6 is 0 Å². The fraction of sp³-hybridized carbons (Fsp3) is 0.632. The first-order chi connectivity index (χ1) is 11.7. The first-order valence-electron chi connectivity index (χ1n) is 8.89. The van der Waals surface area contributed by atoms with Crippen LogP contribution in [0, 0.1) is 11.3 Å². The molecule has 1 heterocycles. The van der Waals surface area contributed by atoms with Crippen molar-refractivity contribution in [2.24, 2.45) is 11.3 Å². The molecule has 1 aromatic carbocycles. The molecule has 0 N–H and O–H groups in total. The molecule has 2 unspecified atom stereocenters. The van der Waals surface area contributed by atoms with Crippen LogP contribution in [0.4, 0.5) is 0 Å². The number of nitrogens with zero attached hydrogens (tertiary/aromatic N) is 1. The zero-order chi connectivity index (χ0) is 18.2. The van der Waals surface area contributed by atoms with Gasteiger partial charge in [-0.1, -0.05) is 32.0 Å². The Bertz CT molecular complexity index is 715. The van der Waals surface area contributed by atoms with Gasteiger partial charge in [-0.3, -0.25) is 4.79 Å². The summed E-state index contributed by atoms with van der Waals surface area (Å²) in [5, 5.41) is 0. The van der Waals surface area contributed by atoms with E-state index in [1.54, 1.807) is 0 Å². The minimum absolute atomic E-state index is 0.0712. The van der Waals surface area contributed by atoms with Crippen LogP contribution in [0.2, 0.25) is 0 Å². The lowest BCUT2D eigenvalue weighted by Gasteiger charge is -2.55. The van der Waals surface area contributed by atoms with Crippen LogP contribution in [0.25, 0.3) is 0 Å². The molecular formula is C19H27NO4S. The van der Waals surface area contributed by atoms with E-state index in [0.29, 0.717) is 12.8 Å². The third-order valence-electron chi connectivity index (χ3n) is 5.87. The fourth-order valence-corrected chi connectivity index (χ4v) is 5.45. The number of benzene rings is 1. The van der Waals surface area contributed by atoms with E-state index in [1.165, 1.54) is 0 Å². The van der Waals surface area contributed by atoms with Crippen LogP contribution in [0.5, 0.6) is 5.75 Å². The fourth-order valence-electron chi connectivity index (χ4n) is 3.96. The molecule has 2 atom stereocenters. The van der Waals surface area contributed by atoms with Gasteiger partial charge in [0.1, 0.15) is 21.7 Å². The van der Waals surface area contributed by atoms with E-state index in [-0.39, 0.29) is 40.9 Å². The molecule has 3 rings (SSSR count). The van der Waals surface area contributed by atoms with Gasteiger partial charge in [0.15, 0.2) is 0 Å². The summed E-state index contributed by atoms with van der Waals surface area (Å²) in [6, 6.07) is 9.86. The highest BCUT2D eigenvalue weighted by Crippen LogP contribution is 2.46. The quantitative estimate of drug-likeness (QED) is 0.822. The van der Waals surface area contributed by atoms with Crippen LogP contribution in [0.15, 0.2) is 30.3 Å². The number of carbonyl (C=O) groups excluding carboxylic acids is 1. The van der Waals surface area contributed by atoms with E-state index in [0.717, 1.165) is 12.2 Å². The number of ether oxygens (including phenoxy) is 1. The van der Waals surface area contributed by atoms with Gasteiger partial charge < -0.3 is 9.64 Å². The van der Waals surface area contributed by atoms with Crippen LogP contribution in [-0.4, -0.2) is 49.9 Å². The maximum absolute atomic E-state index is 12.8. The second-order valence-corrected chi connectivity index (χ2v) is 10.2. The van der Waals surface area contributed by atoms with Gasteiger partial charge in [-0.05, 0) is 25.0 Å². The third-order valence-corrected chi connectivity index (χ3v) is 7.58.